The molecule has 0 radical (unpaired) electrons. The Labute approximate surface area is 161 Å². The molecular formula is C22H18ClNO3. The third-order valence-corrected chi connectivity index (χ3v) is 5.82. The van der Waals surface area contributed by atoms with Gasteiger partial charge in [-0.05, 0) is 24.6 Å². The number of hydrogen-bond donors (Lipinski definition) is 2. The van der Waals surface area contributed by atoms with Gasteiger partial charge in [0.1, 0.15) is 12.4 Å². The van der Waals surface area contributed by atoms with Crippen molar-refractivity contribution >= 4 is 11.6 Å². The van der Waals surface area contributed by atoms with Crippen LogP contribution in [0.4, 0.5) is 0 Å². The number of aromatic hydroxyl groups is 2. The van der Waals surface area contributed by atoms with E-state index in [-0.39, 0.29) is 23.6 Å². The number of allylic oxidation sites excluding steroid dienone is 2. The van der Waals surface area contributed by atoms with Crippen LogP contribution in [0.2, 0.25) is 5.02 Å². The quantitative estimate of drug-likeness (QED) is 0.608. The van der Waals surface area contributed by atoms with E-state index < -0.39 is 0 Å². The summed E-state index contributed by atoms with van der Waals surface area (Å²) in [6, 6.07) is 14.9. The fourth-order valence-electron chi connectivity index (χ4n) is 4.17. The number of halogens is 1. The molecule has 2 aliphatic rings. The molecule has 2 aliphatic carbocycles. The Morgan fingerprint density at radius 3 is 2.37 bits per heavy atom. The summed E-state index contributed by atoms with van der Waals surface area (Å²) in [5.74, 6) is 1.25. The summed E-state index contributed by atoms with van der Waals surface area (Å²) in [6.07, 6.45) is 5.16. The summed E-state index contributed by atoms with van der Waals surface area (Å²) in [5, 5.41) is 22.2. The first-order valence-corrected chi connectivity index (χ1v) is 9.32. The van der Waals surface area contributed by atoms with E-state index >= 15 is 0 Å². The molecule has 1 heterocycles. The van der Waals surface area contributed by atoms with Crippen LogP contribution < -0.4 is 4.74 Å². The Balaban J connectivity index is 1.46. The van der Waals surface area contributed by atoms with E-state index in [1.165, 1.54) is 4.57 Å². The summed E-state index contributed by atoms with van der Waals surface area (Å²) in [7, 11) is 0. The minimum Gasteiger partial charge on any atom is -0.494 e. The molecule has 2 atom stereocenters. The number of ether oxygens (including phenoxy) is 1. The molecule has 5 rings (SSSR count). The molecule has 0 fully saturated rings. The van der Waals surface area contributed by atoms with Gasteiger partial charge < -0.3 is 14.9 Å². The second kappa shape index (κ2) is 6.10. The van der Waals surface area contributed by atoms with Crippen LogP contribution in [-0.2, 0) is 6.61 Å². The van der Waals surface area contributed by atoms with Crippen molar-refractivity contribution in [3.63, 3.8) is 0 Å². The molecule has 1 aromatic heterocycles. The number of nitrogens with zero attached hydrogens (tertiary/aromatic N) is 1. The first-order valence-electron chi connectivity index (χ1n) is 8.95. The largest absolute Gasteiger partial charge is 0.494 e. The number of hydrogen-bond acceptors (Lipinski definition) is 3. The van der Waals surface area contributed by atoms with Gasteiger partial charge in [0.05, 0.1) is 5.69 Å². The molecule has 27 heavy (non-hydrogen) atoms. The van der Waals surface area contributed by atoms with Crippen molar-refractivity contribution < 1.29 is 14.9 Å². The molecule has 0 aliphatic heterocycles. The van der Waals surface area contributed by atoms with Gasteiger partial charge >= 0.3 is 0 Å². The first-order chi connectivity index (χ1) is 13.1. The lowest BCUT2D eigenvalue weighted by Crippen LogP contribution is -1.99. The maximum absolute atomic E-state index is 10.8. The Morgan fingerprint density at radius 1 is 0.963 bits per heavy atom. The lowest BCUT2D eigenvalue weighted by molar-refractivity contribution is 0.306. The number of rotatable bonds is 4. The monoisotopic (exact) mass is 379 g/mol. The predicted molar refractivity (Wildman–Crippen MR) is 104 cm³/mol. The fourth-order valence-corrected chi connectivity index (χ4v) is 4.36. The summed E-state index contributed by atoms with van der Waals surface area (Å²) in [4.78, 5) is 0. The smallest absolute Gasteiger partial charge is 0.202 e. The second-order valence-corrected chi connectivity index (χ2v) is 7.43. The molecule has 3 aromatic rings. The number of fused-ring (bicyclic) bond motifs is 5. The van der Waals surface area contributed by atoms with E-state index in [2.05, 4.69) is 12.2 Å². The van der Waals surface area contributed by atoms with Crippen LogP contribution in [0.25, 0.3) is 5.69 Å². The first kappa shape index (κ1) is 16.3. The maximum atomic E-state index is 10.8. The van der Waals surface area contributed by atoms with Crippen molar-refractivity contribution in [1.29, 1.82) is 0 Å². The molecule has 136 valence electrons. The Bertz CT molecular complexity index is 1030. The summed E-state index contributed by atoms with van der Waals surface area (Å²) in [5.41, 5.74) is 3.26. The zero-order valence-corrected chi connectivity index (χ0v) is 15.2. The van der Waals surface area contributed by atoms with Crippen LogP contribution in [0, 0.1) is 0 Å². The zero-order chi connectivity index (χ0) is 18.5. The Morgan fingerprint density at radius 2 is 1.67 bits per heavy atom. The molecule has 0 spiro atoms. The molecule has 4 nitrogen and oxygen atoms in total. The molecule has 0 saturated carbocycles. The second-order valence-electron chi connectivity index (χ2n) is 7.02. The topological polar surface area (TPSA) is 54.6 Å². The van der Waals surface area contributed by atoms with Crippen molar-refractivity contribution in [2.45, 2.75) is 24.9 Å². The summed E-state index contributed by atoms with van der Waals surface area (Å²) >= 11 is 6.18. The van der Waals surface area contributed by atoms with E-state index in [0.717, 1.165) is 23.1 Å². The molecular weight excluding hydrogens is 362 g/mol. The zero-order valence-electron chi connectivity index (χ0n) is 14.5. The Kier molecular flexibility index (Phi) is 3.69. The lowest BCUT2D eigenvalue weighted by atomic mass is 10.0. The van der Waals surface area contributed by atoms with Crippen molar-refractivity contribution in [2.75, 3.05) is 0 Å². The third kappa shape index (κ3) is 2.52. The summed E-state index contributed by atoms with van der Waals surface area (Å²) in [6.45, 7) is 0.345. The normalized spacial score (nSPS) is 19.4. The predicted octanol–water partition coefficient (Wildman–Crippen LogP) is 5.26. The van der Waals surface area contributed by atoms with Gasteiger partial charge in [-0.1, -0.05) is 48.0 Å². The van der Waals surface area contributed by atoms with Crippen LogP contribution in [0.1, 0.15) is 34.9 Å². The van der Waals surface area contributed by atoms with E-state index in [0.29, 0.717) is 23.1 Å². The van der Waals surface area contributed by atoms with Gasteiger partial charge in [-0.2, -0.15) is 0 Å². The van der Waals surface area contributed by atoms with E-state index in [1.54, 1.807) is 6.07 Å². The molecule has 2 N–H and O–H groups in total. The van der Waals surface area contributed by atoms with E-state index in [1.807, 2.05) is 42.5 Å². The van der Waals surface area contributed by atoms with Gasteiger partial charge in [0.15, 0.2) is 0 Å². The van der Waals surface area contributed by atoms with Crippen molar-refractivity contribution in [3.05, 3.63) is 82.4 Å². The highest BCUT2D eigenvalue weighted by atomic mass is 35.5. The van der Waals surface area contributed by atoms with Gasteiger partial charge in [0, 0.05) is 39.6 Å². The van der Waals surface area contributed by atoms with Gasteiger partial charge in [-0.25, -0.2) is 0 Å². The van der Waals surface area contributed by atoms with Gasteiger partial charge in [-0.3, -0.25) is 4.57 Å². The molecule has 2 bridgehead atoms. The molecule has 0 saturated heterocycles. The van der Waals surface area contributed by atoms with Crippen LogP contribution in [0.5, 0.6) is 17.5 Å². The van der Waals surface area contributed by atoms with Crippen LogP contribution >= 0.6 is 11.6 Å². The van der Waals surface area contributed by atoms with E-state index in [4.69, 9.17) is 16.3 Å². The van der Waals surface area contributed by atoms with Gasteiger partial charge in [0.2, 0.25) is 11.8 Å². The SMILES string of the molecule is Oc1c2c(c(O)n1-c1cccc(OCc3ccccc3Cl)c1)C1C=CC2C1. The number of benzene rings is 2. The molecule has 2 aromatic carbocycles. The highest BCUT2D eigenvalue weighted by Gasteiger charge is 2.41. The lowest BCUT2D eigenvalue weighted by Gasteiger charge is -2.12. The van der Waals surface area contributed by atoms with Crippen LogP contribution in [0.3, 0.4) is 0 Å². The van der Waals surface area contributed by atoms with Crippen LogP contribution in [0.15, 0.2) is 60.7 Å². The van der Waals surface area contributed by atoms with Crippen molar-refractivity contribution in [3.8, 4) is 23.2 Å². The standard InChI is InChI=1S/C22H18ClNO3/c23-18-7-2-1-4-15(18)12-27-17-6-3-5-16(11-17)24-21(25)19-13-8-9-14(10-13)20(19)22(24)26/h1-9,11,13-14,25-26H,10,12H2. The molecule has 0 amide bonds. The average Bonchev–Trinajstić information content (AvgIpc) is 3.35. The maximum Gasteiger partial charge on any atom is 0.202 e. The average molecular weight is 380 g/mol. The molecule has 5 heteroatoms. The van der Waals surface area contributed by atoms with Crippen molar-refractivity contribution in [1.82, 2.24) is 4.57 Å². The van der Waals surface area contributed by atoms with Gasteiger partial charge in [-0.15, -0.1) is 0 Å². The number of aromatic nitrogens is 1. The minimum atomic E-state index is 0.114. The Hall–Kier alpha value is -2.85. The highest BCUT2D eigenvalue weighted by Crippen LogP contribution is 2.57. The van der Waals surface area contributed by atoms with Crippen molar-refractivity contribution in [2.24, 2.45) is 0 Å². The minimum absolute atomic E-state index is 0.114. The van der Waals surface area contributed by atoms with E-state index in [9.17, 15) is 10.2 Å². The van der Waals surface area contributed by atoms with Gasteiger partial charge in [0.25, 0.3) is 0 Å². The van der Waals surface area contributed by atoms with Crippen LogP contribution in [-0.4, -0.2) is 14.8 Å². The molecule has 2 unspecified atom stereocenters. The third-order valence-electron chi connectivity index (χ3n) is 5.45. The fraction of sp³-hybridized carbons (Fsp3) is 0.182. The summed E-state index contributed by atoms with van der Waals surface area (Å²) < 4.78 is 7.37. The highest BCUT2D eigenvalue weighted by molar-refractivity contribution is 6.31.